The van der Waals surface area contributed by atoms with Gasteiger partial charge in [0.2, 0.25) is 0 Å². The number of aromatic nitrogens is 2. The van der Waals surface area contributed by atoms with Crippen molar-refractivity contribution in [3.63, 3.8) is 0 Å². The normalized spacial score (nSPS) is 14.5. The van der Waals surface area contributed by atoms with Crippen molar-refractivity contribution in [1.29, 1.82) is 0 Å². The third-order valence-electron chi connectivity index (χ3n) is 4.83. The van der Waals surface area contributed by atoms with E-state index < -0.39 is 15.7 Å². The maximum Gasteiger partial charge on any atom is 0.280 e. The molecule has 31 heavy (non-hydrogen) atoms. The van der Waals surface area contributed by atoms with Gasteiger partial charge in [0.1, 0.15) is 12.4 Å². The summed E-state index contributed by atoms with van der Waals surface area (Å²) in [5.74, 6) is 0.0858. The minimum atomic E-state index is -3.32. The van der Waals surface area contributed by atoms with Crippen LogP contribution in [0.4, 0.5) is 5.13 Å². The van der Waals surface area contributed by atoms with Crippen molar-refractivity contribution in [2.24, 2.45) is 5.16 Å². The van der Waals surface area contributed by atoms with Gasteiger partial charge in [-0.3, -0.25) is 10.1 Å². The smallest absolute Gasteiger partial charge is 0.280 e. The zero-order valence-electron chi connectivity index (χ0n) is 16.9. The quantitative estimate of drug-likeness (QED) is 0.404. The molecule has 1 aliphatic rings. The predicted octanol–water partition coefficient (Wildman–Crippen LogP) is 3.24. The summed E-state index contributed by atoms with van der Waals surface area (Å²) in [6.07, 6.45) is 2.94. The van der Waals surface area contributed by atoms with E-state index in [1.807, 2.05) is 0 Å². The van der Waals surface area contributed by atoms with Gasteiger partial charge in [-0.25, -0.2) is 13.4 Å². The molecule has 1 saturated carbocycles. The van der Waals surface area contributed by atoms with Gasteiger partial charge in [0, 0.05) is 17.1 Å². The number of oxime groups is 1. The molecule has 1 aliphatic carbocycles. The van der Waals surface area contributed by atoms with E-state index in [4.69, 9.17) is 9.36 Å². The molecule has 0 radical (unpaired) electrons. The van der Waals surface area contributed by atoms with Gasteiger partial charge in [-0.1, -0.05) is 22.4 Å². The average Bonchev–Trinajstić information content (AvgIpc) is 3.42. The summed E-state index contributed by atoms with van der Waals surface area (Å²) in [7, 11) is -3.32. The summed E-state index contributed by atoms with van der Waals surface area (Å²) >= 11 is 1.27. The summed E-state index contributed by atoms with van der Waals surface area (Å²) in [6, 6.07) is 6.08. The Morgan fingerprint density at radius 3 is 2.61 bits per heavy atom. The maximum atomic E-state index is 12.8. The molecule has 0 atom stereocenters. The van der Waals surface area contributed by atoms with E-state index in [0.717, 1.165) is 5.56 Å². The maximum absolute atomic E-state index is 12.8. The lowest BCUT2D eigenvalue weighted by Crippen LogP contribution is -2.24. The lowest BCUT2D eigenvalue weighted by atomic mass is 10.1. The Kier molecular flexibility index (Phi) is 5.88. The summed E-state index contributed by atoms with van der Waals surface area (Å²) in [5.41, 5.74) is 1.84. The van der Waals surface area contributed by atoms with E-state index >= 15 is 0 Å². The molecule has 0 bridgehead atoms. The Bertz CT molecular complexity index is 1190. The number of hydrogen-bond donors (Lipinski definition) is 1. The number of rotatable bonds is 8. The Morgan fingerprint density at radius 1 is 1.29 bits per heavy atom. The first-order valence-electron chi connectivity index (χ1n) is 9.53. The molecule has 1 N–H and O–H groups in total. The largest absolute Gasteiger partial charge is 0.390 e. The second-order valence-corrected chi connectivity index (χ2v) is 10.2. The van der Waals surface area contributed by atoms with E-state index in [9.17, 15) is 13.2 Å². The Hall–Kier alpha value is -3.05. The van der Waals surface area contributed by atoms with Crippen LogP contribution in [0.15, 0.2) is 50.4 Å². The van der Waals surface area contributed by atoms with E-state index in [1.165, 1.54) is 23.5 Å². The van der Waals surface area contributed by atoms with Crippen molar-refractivity contribution >= 4 is 37.9 Å². The molecule has 1 amide bonds. The van der Waals surface area contributed by atoms with Crippen LogP contribution in [0.2, 0.25) is 0 Å². The molecule has 3 aromatic rings. The highest BCUT2D eigenvalue weighted by molar-refractivity contribution is 7.92. The molecule has 4 rings (SSSR count). The molecule has 11 heteroatoms. The molecule has 0 aliphatic heterocycles. The van der Waals surface area contributed by atoms with Crippen LogP contribution in [-0.4, -0.2) is 35.4 Å². The molecule has 2 aromatic heterocycles. The topological polar surface area (TPSA) is 124 Å². The highest BCUT2D eigenvalue weighted by atomic mass is 32.2. The van der Waals surface area contributed by atoms with E-state index in [-0.39, 0.29) is 22.5 Å². The molecule has 0 spiro atoms. The lowest BCUT2D eigenvalue weighted by molar-refractivity contribution is -0.110. The Morgan fingerprint density at radius 2 is 2.03 bits per heavy atom. The van der Waals surface area contributed by atoms with Gasteiger partial charge in [-0.15, -0.1) is 11.3 Å². The fourth-order valence-electron chi connectivity index (χ4n) is 2.91. The van der Waals surface area contributed by atoms with Crippen molar-refractivity contribution in [3.8, 4) is 0 Å². The van der Waals surface area contributed by atoms with Gasteiger partial charge in [0.15, 0.2) is 20.7 Å². The van der Waals surface area contributed by atoms with Crippen molar-refractivity contribution in [3.05, 3.63) is 58.4 Å². The van der Waals surface area contributed by atoms with Crippen LogP contribution < -0.4 is 5.32 Å². The lowest BCUT2D eigenvalue weighted by Gasteiger charge is -2.08. The molecule has 9 nitrogen and oxygen atoms in total. The van der Waals surface area contributed by atoms with Gasteiger partial charge >= 0.3 is 0 Å². The van der Waals surface area contributed by atoms with Crippen molar-refractivity contribution < 1.29 is 22.6 Å². The second-order valence-electron chi connectivity index (χ2n) is 7.08. The first kappa shape index (κ1) is 21.2. The van der Waals surface area contributed by atoms with Crippen molar-refractivity contribution in [2.45, 2.75) is 43.4 Å². The minimum Gasteiger partial charge on any atom is -0.390 e. The summed E-state index contributed by atoms with van der Waals surface area (Å²) < 4.78 is 30.0. The predicted molar refractivity (Wildman–Crippen MR) is 115 cm³/mol. The highest BCUT2D eigenvalue weighted by Crippen LogP contribution is 2.33. The zero-order valence-corrected chi connectivity index (χ0v) is 18.5. The van der Waals surface area contributed by atoms with Crippen molar-refractivity contribution in [1.82, 2.24) is 10.1 Å². The molecule has 0 saturated heterocycles. The van der Waals surface area contributed by atoms with Crippen LogP contribution in [0, 0.1) is 13.8 Å². The monoisotopic (exact) mass is 460 g/mol. The number of carbonyl (C=O) groups excluding carboxylic acids is 1. The van der Waals surface area contributed by atoms with Gasteiger partial charge in [-0.2, -0.15) is 0 Å². The SMILES string of the molecule is Cc1noc(C)c1CON=C(C(=O)Nc1nccs1)c1ccc(S(=O)(=O)C2CC2)cc1. The summed E-state index contributed by atoms with van der Waals surface area (Å²) in [6.45, 7) is 3.62. The van der Waals surface area contributed by atoms with Gasteiger partial charge < -0.3 is 9.36 Å². The Balaban J connectivity index is 1.59. The zero-order chi connectivity index (χ0) is 22.0. The van der Waals surface area contributed by atoms with Crippen LogP contribution in [0.5, 0.6) is 0 Å². The van der Waals surface area contributed by atoms with Crippen molar-refractivity contribution in [2.75, 3.05) is 5.32 Å². The van der Waals surface area contributed by atoms with Gasteiger partial charge in [-0.05, 0) is 38.8 Å². The number of nitrogens with one attached hydrogen (secondary N) is 1. The molecule has 1 fully saturated rings. The third kappa shape index (κ3) is 4.67. The molecule has 162 valence electrons. The number of nitrogens with zero attached hydrogens (tertiary/aromatic N) is 3. The Labute approximate surface area is 183 Å². The summed E-state index contributed by atoms with van der Waals surface area (Å²) in [4.78, 5) is 22.5. The number of anilines is 1. The summed E-state index contributed by atoms with van der Waals surface area (Å²) in [5, 5.41) is 12.4. The standard InChI is InChI=1S/C20H20N4O5S2/c1-12-17(13(2)29-23-12)11-28-24-18(19(25)22-20-21-9-10-30-20)14-3-5-15(6-4-14)31(26,27)16-7-8-16/h3-6,9-10,16H,7-8,11H2,1-2H3,(H,21,22,25). The highest BCUT2D eigenvalue weighted by Gasteiger charge is 2.36. The van der Waals surface area contributed by atoms with Crippen LogP contribution in [0.25, 0.3) is 0 Å². The number of hydrogen-bond acceptors (Lipinski definition) is 9. The van der Waals surface area contributed by atoms with E-state index in [0.29, 0.717) is 35.0 Å². The van der Waals surface area contributed by atoms with Crippen LogP contribution in [0.3, 0.4) is 0 Å². The fourth-order valence-corrected chi connectivity index (χ4v) is 5.09. The molecule has 1 aromatic carbocycles. The first-order chi connectivity index (χ1) is 14.9. The average molecular weight is 461 g/mol. The fraction of sp³-hybridized carbons (Fsp3) is 0.300. The first-order valence-corrected chi connectivity index (χ1v) is 12.0. The molecule has 0 unspecified atom stereocenters. The van der Waals surface area contributed by atoms with Crippen LogP contribution >= 0.6 is 11.3 Å². The van der Waals surface area contributed by atoms with Crippen LogP contribution in [-0.2, 0) is 26.1 Å². The number of benzene rings is 1. The number of sulfone groups is 1. The van der Waals surface area contributed by atoms with Gasteiger partial charge in [0.25, 0.3) is 5.91 Å². The van der Waals surface area contributed by atoms with E-state index in [2.05, 4.69) is 20.6 Å². The molecular formula is C20H20N4O5S2. The third-order valence-corrected chi connectivity index (χ3v) is 7.80. The molecular weight excluding hydrogens is 440 g/mol. The van der Waals surface area contributed by atoms with E-state index in [1.54, 1.807) is 37.6 Å². The number of carbonyl (C=O) groups is 1. The van der Waals surface area contributed by atoms with Crippen LogP contribution in [0.1, 0.15) is 35.4 Å². The number of thiazole rings is 1. The van der Waals surface area contributed by atoms with Gasteiger partial charge in [0.05, 0.1) is 21.4 Å². The second kappa shape index (κ2) is 8.60. The minimum absolute atomic E-state index is 0.00247. The molecule has 2 heterocycles. The number of aryl methyl sites for hydroxylation is 2. The number of amides is 1.